The van der Waals surface area contributed by atoms with E-state index in [-0.39, 0.29) is 11.8 Å². The highest BCUT2D eigenvalue weighted by molar-refractivity contribution is 9.10. The van der Waals surface area contributed by atoms with Gasteiger partial charge in [0.05, 0.1) is 17.0 Å². The van der Waals surface area contributed by atoms with Gasteiger partial charge in [0, 0.05) is 27.3 Å². The Morgan fingerprint density at radius 1 is 1.14 bits per heavy atom. The van der Waals surface area contributed by atoms with Gasteiger partial charge in [-0.1, -0.05) is 53.2 Å². The molecule has 6 heteroatoms. The highest BCUT2D eigenvalue weighted by Gasteiger charge is 2.14. The maximum atomic E-state index is 11.0. The van der Waals surface area contributed by atoms with Crippen molar-refractivity contribution >= 4 is 44.9 Å². The topological polar surface area (TPSA) is 79.6 Å². The molecule has 0 fully saturated rings. The van der Waals surface area contributed by atoms with Gasteiger partial charge in [0.1, 0.15) is 0 Å². The summed E-state index contributed by atoms with van der Waals surface area (Å²) in [6, 6.07) is 17.5. The van der Waals surface area contributed by atoms with Gasteiger partial charge in [-0.15, -0.1) is 0 Å². The first-order valence-electron chi connectivity index (χ1n) is 8.89. The van der Waals surface area contributed by atoms with Crippen LogP contribution >= 0.6 is 15.9 Å². The van der Waals surface area contributed by atoms with Gasteiger partial charge in [-0.3, -0.25) is 14.6 Å². The monoisotopic (exact) mass is 438 g/mol. The SMILES string of the molecule is CC(CCc1ccc2ccccc2n1)C(=O)O.O=C1N=Cc2ccc(Br)cc21. The van der Waals surface area contributed by atoms with Crippen molar-refractivity contribution < 1.29 is 14.7 Å². The number of rotatable bonds is 4. The zero-order valence-electron chi connectivity index (χ0n) is 15.3. The summed E-state index contributed by atoms with van der Waals surface area (Å²) in [5.74, 6) is -1.21. The summed E-state index contributed by atoms with van der Waals surface area (Å²) >= 11 is 3.28. The molecule has 0 spiro atoms. The molecule has 3 aromatic rings. The minimum atomic E-state index is -0.745. The number of carboxylic acid groups (broad SMARTS) is 1. The third kappa shape index (κ3) is 4.89. The minimum absolute atomic E-state index is 0.152. The summed E-state index contributed by atoms with van der Waals surface area (Å²) in [6.07, 6.45) is 2.92. The Kier molecular flexibility index (Phi) is 6.31. The van der Waals surface area contributed by atoms with Crippen LogP contribution in [0.1, 0.15) is 35.0 Å². The number of carboxylic acids is 1. The molecule has 1 amide bonds. The Balaban J connectivity index is 0.000000176. The van der Waals surface area contributed by atoms with Crippen LogP contribution in [0, 0.1) is 5.92 Å². The van der Waals surface area contributed by atoms with Crippen LogP contribution in [0.2, 0.25) is 0 Å². The number of fused-ring (bicyclic) bond motifs is 2. The molecule has 142 valence electrons. The van der Waals surface area contributed by atoms with Gasteiger partial charge in [-0.2, -0.15) is 0 Å². The van der Waals surface area contributed by atoms with Gasteiger partial charge < -0.3 is 5.11 Å². The number of aryl methyl sites for hydroxylation is 1. The molecular formula is C22H19BrN2O3. The number of benzene rings is 2. The molecule has 0 radical (unpaired) electrons. The van der Waals surface area contributed by atoms with Crippen LogP contribution in [-0.4, -0.2) is 28.2 Å². The second-order valence-electron chi connectivity index (χ2n) is 6.57. The van der Waals surface area contributed by atoms with E-state index in [0.717, 1.165) is 26.6 Å². The van der Waals surface area contributed by atoms with Crippen LogP contribution < -0.4 is 0 Å². The number of hydrogen-bond acceptors (Lipinski definition) is 3. The average Bonchev–Trinajstić information content (AvgIpc) is 3.06. The number of halogens is 1. The lowest BCUT2D eigenvalue weighted by Crippen LogP contribution is -2.10. The van der Waals surface area contributed by atoms with Crippen LogP contribution in [0.15, 0.2) is 64.1 Å². The number of pyridine rings is 1. The number of carbonyl (C=O) groups excluding carboxylic acids is 1. The molecule has 1 aliphatic rings. The van der Waals surface area contributed by atoms with E-state index in [1.807, 2.05) is 48.5 Å². The standard InChI is InChI=1S/C14H15NO2.C8H4BrNO/c1-10(14(16)17)6-8-12-9-7-11-4-2-3-5-13(11)15-12;9-6-2-1-5-4-10-8(11)7(5)3-6/h2-5,7,9-10H,6,8H2,1H3,(H,16,17);1-4H. The van der Waals surface area contributed by atoms with E-state index in [9.17, 15) is 9.59 Å². The molecule has 1 atom stereocenters. The zero-order chi connectivity index (χ0) is 20.1. The Hall–Kier alpha value is -2.86. The van der Waals surface area contributed by atoms with Crippen LogP contribution in [0.3, 0.4) is 0 Å². The molecule has 1 aliphatic heterocycles. The Morgan fingerprint density at radius 3 is 2.71 bits per heavy atom. The summed E-state index contributed by atoms with van der Waals surface area (Å²) in [6.45, 7) is 1.73. The molecule has 4 rings (SSSR count). The van der Waals surface area contributed by atoms with Crippen LogP contribution in [0.25, 0.3) is 10.9 Å². The van der Waals surface area contributed by atoms with Crippen molar-refractivity contribution in [3.8, 4) is 0 Å². The summed E-state index contributed by atoms with van der Waals surface area (Å²) in [7, 11) is 0. The molecular weight excluding hydrogens is 420 g/mol. The summed E-state index contributed by atoms with van der Waals surface area (Å²) < 4.78 is 0.912. The Labute approximate surface area is 171 Å². The summed E-state index contributed by atoms with van der Waals surface area (Å²) in [5.41, 5.74) is 3.50. The van der Waals surface area contributed by atoms with Crippen molar-refractivity contribution in [2.45, 2.75) is 19.8 Å². The summed E-state index contributed by atoms with van der Waals surface area (Å²) in [4.78, 5) is 29.9. The molecule has 5 nitrogen and oxygen atoms in total. The molecule has 1 aromatic heterocycles. The van der Waals surface area contributed by atoms with Crippen molar-refractivity contribution in [1.82, 2.24) is 4.98 Å². The number of amides is 1. The molecule has 28 heavy (non-hydrogen) atoms. The van der Waals surface area contributed by atoms with Crippen molar-refractivity contribution in [1.29, 1.82) is 0 Å². The van der Waals surface area contributed by atoms with Gasteiger partial charge in [-0.05, 0) is 37.1 Å². The third-order valence-corrected chi connectivity index (χ3v) is 4.97. The van der Waals surface area contributed by atoms with Crippen LogP contribution in [0.5, 0.6) is 0 Å². The summed E-state index contributed by atoms with van der Waals surface area (Å²) in [5, 5.41) is 9.92. The van der Waals surface area contributed by atoms with E-state index in [2.05, 4.69) is 25.9 Å². The number of para-hydroxylation sites is 1. The van der Waals surface area contributed by atoms with E-state index in [4.69, 9.17) is 5.11 Å². The lowest BCUT2D eigenvalue weighted by molar-refractivity contribution is -0.141. The molecule has 1 N–H and O–H groups in total. The third-order valence-electron chi connectivity index (χ3n) is 4.48. The fourth-order valence-corrected chi connectivity index (χ4v) is 3.12. The maximum absolute atomic E-state index is 11.0. The second kappa shape index (κ2) is 8.89. The van der Waals surface area contributed by atoms with Gasteiger partial charge in [0.2, 0.25) is 0 Å². The van der Waals surface area contributed by atoms with E-state index in [0.29, 0.717) is 18.4 Å². The van der Waals surface area contributed by atoms with E-state index < -0.39 is 5.97 Å². The zero-order valence-corrected chi connectivity index (χ0v) is 16.9. The first-order chi connectivity index (χ1) is 13.4. The normalized spacial score (nSPS) is 13.0. The maximum Gasteiger partial charge on any atom is 0.306 e. The van der Waals surface area contributed by atoms with E-state index in [1.54, 1.807) is 19.2 Å². The predicted molar refractivity (Wildman–Crippen MR) is 113 cm³/mol. The first-order valence-corrected chi connectivity index (χ1v) is 9.69. The first kappa shape index (κ1) is 19.9. The molecule has 1 unspecified atom stereocenters. The number of aromatic nitrogens is 1. The van der Waals surface area contributed by atoms with Gasteiger partial charge in [0.25, 0.3) is 5.91 Å². The smallest absolute Gasteiger partial charge is 0.306 e. The second-order valence-corrected chi connectivity index (χ2v) is 7.48. The lowest BCUT2D eigenvalue weighted by atomic mass is 10.0. The van der Waals surface area contributed by atoms with Crippen molar-refractivity contribution in [2.75, 3.05) is 0 Å². The molecule has 0 saturated carbocycles. The quantitative estimate of drug-likeness (QED) is 0.627. The Bertz CT molecular complexity index is 1060. The number of carbonyl (C=O) groups is 2. The lowest BCUT2D eigenvalue weighted by Gasteiger charge is -2.06. The highest BCUT2D eigenvalue weighted by atomic mass is 79.9. The molecule has 0 saturated heterocycles. The average molecular weight is 439 g/mol. The number of hydrogen-bond donors (Lipinski definition) is 1. The van der Waals surface area contributed by atoms with Gasteiger partial charge in [-0.25, -0.2) is 4.99 Å². The van der Waals surface area contributed by atoms with Crippen molar-refractivity contribution in [3.05, 3.63) is 75.9 Å². The van der Waals surface area contributed by atoms with Crippen LogP contribution in [-0.2, 0) is 11.2 Å². The largest absolute Gasteiger partial charge is 0.481 e. The van der Waals surface area contributed by atoms with E-state index in [1.165, 1.54) is 0 Å². The van der Waals surface area contributed by atoms with Gasteiger partial charge in [0.15, 0.2) is 0 Å². The van der Waals surface area contributed by atoms with E-state index >= 15 is 0 Å². The molecule has 0 bridgehead atoms. The number of nitrogens with zero attached hydrogens (tertiary/aromatic N) is 2. The number of aliphatic carboxylic acids is 1. The highest BCUT2D eigenvalue weighted by Crippen LogP contribution is 2.19. The minimum Gasteiger partial charge on any atom is -0.481 e. The fraction of sp³-hybridized carbons (Fsp3) is 0.182. The van der Waals surface area contributed by atoms with Crippen LogP contribution in [0.4, 0.5) is 0 Å². The molecule has 2 heterocycles. The van der Waals surface area contributed by atoms with Crippen molar-refractivity contribution in [3.63, 3.8) is 0 Å². The molecule has 2 aromatic carbocycles. The predicted octanol–water partition coefficient (Wildman–Crippen LogP) is 4.91. The Morgan fingerprint density at radius 2 is 1.93 bits per heavy atom. The van der Waals surface area contributed by atoms with Crippen molar-refractivity contribution in [2.24, 2.45) is 10.9 Å². The molecule has 0 aliphatic carbocycles. The fourth-order valence-electron chi connectivity index (χ4n) is 2.76. The van der Waals surface area contributed by atoms with Gasteiger partial charge >= 0.3 is 5.97 Å². The number of aliphatic imine (C=N–C) groups is 1.